The lowest BCUT2D eigenvalue weighted by atomic mass is 9.98. The average molecular weight is 237 g/mol. The van der Waals surface area contributed by atoms with Gasteiger partial charge in [0.2, 0.25) is 0 Å². The number of hydrogen-bond donors (Lipinski definition) is 1. The number of morpholine rings is 1. The van der Waals surface area contributed by atoms with Crippen LogP contribution in [0.1, 0.15) is 32.6 Å². The van der Waals surface area contributed by atoms with Crippen LogP contribution in [0, 0.1) is 11.3 Å². The molecule has 0 aromatic heterocycles. The van der Waals surface area contributed by atoms with Crippen LogP contribution in [0.15, 0.2) is 0 Å². The Balaban J connectivity index is 1.71. The fourth-order valence-corrected chi connectivity index (χ4v) is 2.77. The quantitative estimate of drug-likeness (QED) is 0.779. The summed E-state index contributed by atoms with van der Waals surface area (Å²) >= 11 is 0. The van der Waals surface area contributed by atoms with E-state index in [1.165, 1.54) is 12.8 Å². The molecule has 1 N–H and O–H groups in total. The molecule has 2 bridgehead atoms. The highest BCUT2D eigenvalue weighted by Gasteiger charge is 2.33. The van der Waals surface area contributed by atoms with E-state index in [0.29, 0.717) is 12.2 Å². The molecule has 0 aromatic rings. The molecule has 4 nitrogen and oxygen atoms in total. The Morgan fingerprint density at radius 1 is 1.41 bits per heavy atom. The van der Waals surface area contributed by atoms with Gasteiger partial charge in [0.05, 0.1) is 18.3 Å². The van der Waals surface area contributed by atoms with Gasteiger partial charge in [-0.25, -0.2) is 0 Å². The monoisotopic (exact) mass is 237 g/mol. The highest BCUT2D eigenvalue weighted by Crippen LogP contribution is 2.26. The Labute approximate surface area is 104 Å². The van der Waals surface area contributed by atoms with Crippen molar-refractivity contribution in [1.82, 2.24) is 10.2 Å². The van der Waals surface area contributed by atoms with Crippen LogP contribution in [0.4, 0.5) is 0 Å². The first-order chi connectivity index (χ1) is 8.15. The number of fused-ring (bicyclic) bond motifs is 2. The molecule has 0 amide bonds. The number of rotatable bonds is 5. The smallest absolute Gasteiger partial charge is 0.103 e. The summed E-state index contributed by atoms with van der Waals surface area (Å²) in [7, 11) is 1.86. The van der Waals surface area contributed by atoms with Crippen LogP contribution in [0.5, 0.6) is 0 Å². The number of hydrogen-bond acceptors (Lipinski definition) is 4. The van der Waals surface area contributed by atoms with Gasteiger partial charge in [0, 0.05) is 13.1 Å². The molecule has 0 saturated carbocycles. The van der Waals surface area contributed by atoms with Crippen LogP contribution in [-0.4, -0.2) is 49.3 Å². The van der Waals surface area contributed by atoms with E-state index in [1.807, 2.05) is 14.0 Å². The molecule has 17 heavy (non-hydrogen) atoms. The summed E-state index contributed by atoms with van der Waals surface area (Å²) < 4.78 is 5.81. The molecule has 0 spiro atoms. The minimum Gasteiger partial charge on any atom is -0.372 e. The molecule has 2 fully saturated rings. The van der Waals surface area contributed by atoms with E-state index in [-0.39, 0.29) is 5.54 Å². The summed E-state index contributed by atoms with van der Waals surface area (Å²) in [5.41, 5.74) is -0.370. The molecule has 4 heteroatoms. The van der Waals surface area contributed by atoms with Crippen molar-refractivity contribution in [2.24, 2.45) is 0 Å². The molecule has 0 radical (unpaired) electrons. The van der Waals surface area contributed by atoms with Crippen molar-refractivity contribution in [3.8, 4) is 6.07 Å². The van der Waals surface area contributed by atoms with Gasteiger partial charge in [0.15, 0.2) is 0 Å². The van der Waals surface area contributed by atoms with Crippen LogP contribution >= 0.6 is 0 Å². The van der Waals surface area contributed by atoms with Crippen molar-refractivity contribution in [2.75, 3.05) is 26.7 Å². The van der Waals surface area contributed by atoms with Crippen LogP contribution < -0.4 is 5.32 Å². The fraction of sp³-hybridized carbons (Fsp3) is 0.923. The fourth-order valence-electron chi connectivity index (χ4n) is 2.77. The van der Waals surface area contributed by atoms with E-state index in [4.69, 9.17) is 10.00 Å². The molecule has 0 aromatic carbocycles. The predicted octanol–water partition coefficient (Wildman–Crippen LogP) is 1.13. The SMILES string of the molecule is CNC(C)(C#N)CCCN1CC2CCC(C1)O2. The molecule has 3 atom stereocenters. The normalized spacial score (nSPS) is 32.1. The van der Waals surface area contributed by atoms with Crippen molar-refractivity contribution < 1.29 is 4.74 Å². The minimum absolute atomic E-state index is 0.370. The van der Waals surface area contributed by atoms with Gasteiger partial charge >= 0.3 is 0 Å². The average Bonchev–Trinajstić information content (AvgIpc) is 2.68. The number of nitrogens with one attached hydrogen (secondary N) is 1. The zero-order valence-electron chi connectivity index (χ0n) is 10.9. The molecule has 2 aliphatic rings. The van der Waals surface area contributed by atoms with Crippen molar-refractivity contribution in [1.29, 1.82) is 5.26 Å². The van der Waals surface area contributed by atoms with E-state index in [2.05, 4.69) is 16.3 Å². The van der Waals surface area contributed by atoms with Crippen molar-refractivity contribution in [2.45, 2.75) is 50.4 Å². The van der Waals surface area contributed by atoms with Crippen molar-refractivity contribution >= 4 is 0 Å². The van der Waals surface area contributed by atoms with Crippen LogP contribution in [0.3, 0.4) is 0 Å². The zero-order chi connectivity index (χ0) is 12.3. The maximum absolute atomic E-state index is 9.07. The summed E-state index contributed by atoms with van der Waals surface area (Å²) in [6, 6.07) is 2.34. The third kappa shape index (κ3) is 3.19. The van der Waals surface area contributed by atoms with Crippen molar-refractivity contribution in [3.63, 3.8) is 0 Å². The second kappa shape index (κ2) is 5.34. The third-order valence-corrected chi connectivity index (χ3v) is 4.07. The lowest BCUT2D eigenvalue weighted by molar-refractivity contribution is -0.0387. The van der Waals surface area contributed by atoms with Crippen LogP contribution in [-0.2, 0) is 4.74 Å². The third-order valence-electron chi connectivity index (χ3n) is 4.07. The van der Waals surface area contributed by atoms with Crippen LogP contribution in [0.25, 0.3) is 0 Å². The van der Waals surface area contributed by atoms with Gasteiger partial charge in [-0.15, -0.1) is 0 Å². The highest BCUT2D eigenvalue weighted by atomic mass is 16.5. The Morgan fingerprint density at radius 3 is 2.59 bits per heavy atom. The van der Waals surface area contributed by atoms with Gasteiger partial charge in [-0.2, -0.15) is 5.26 Å². The topological polar surface area (TPSA) is 48.3 Å². The number of nitrogens with zero attached hydrogens (tertiary/aromatic N) is 2. The Hall–Kier alpha value is -0.630. The Kier molecular flexibility index (Phi) is 4.03. The molecule has 2 aliphatic heterocycles. The van der Waals surface area contributed by atoms with E-state index < -0.39 is 0 Å². The van der Waals surface area contributed by atoms with E-state index in [1.54, 1.807) is 0 Å². The second-order valence-electron chi connectivity index (χ2n) is 5.51. The van der Waals surface area contributed by atoms with Crippen LogP contribution in [0.2, 0.25) is 0 Å². The maximum Gasteiger partial charge on any atom is 0.103 e. The lowest BCUT2D eigenvalue weighted by Crippen LogP contribution is -2.44. The predicted molar refractivity (Wildman–Crippen MR) is 66.6 cm³/mol. The molecule has 3 unspecified atom stereocenters. The van der Waals surface area contributed by atoms with Gasteiger partial charge in [-0.1, -0.05) is 0 Å². The molecule has 96 valence electrons. The Morgan fingerprint density at radius 2 is 2.06 bits per heavy atom. The molecular weight excluding hydrogens is 214 g/mol. The van der Waals surface area contributed by atoms with Gasteiger partial charge in [-0.05, 0) is 46.2 Å². The number of ether oxygens (including phenoxy) is 1. The maximum atomic E-state index is 9.07. The van der Waals surface area contributed by atoms with Gasteiger partial charge in [0.1, 0.15) is 5.54 Å². The largest absolute Gasteiger partial charge is 0.372 e. The van der Waals surface area contributed by atoms with E-state index >= 15 is 0 Å². The van der Waals surface area contributed by atoms with E-state index in [0.717, 1.165) is 32.5 Å². The molecule has 2 heterocycles. The standard InChI is InChI=1S/C13H23N3O/c1-13(10-14,15-2)6-3-7-16-8-11-4-5-12(9-16)17-11/h11-12,15H,3-9H2,1-2H3. The van der Waals surface area contributed by atoms with Gasteiger partial charge in [0.25, 0.3) is 0 Å². The highest BCUT2D eigenvalue weighted by molar-refractivity contribution is 5.02. The first kappa shape index (κ1) is 12.8. The number of likely N-dealkylation sites (tertiary alicyclic amines) is 1. The second-order valence-corrected chi connectivity index (χ2v) is 5.51. The summed E-state index contributed by atoms with van der Waals surface area (Å²) in [4.78, 5) is 2.50. The minimum atomic E-state index is -0.370. The Bertz CT molecular complexity index is 290. The summed E-state index contributed by atoms with van der Waals surface area (Å²) in [5.74, 6) is 0. The molecule has 2 rings (SSSR count). The number of nitriles is 1. The lowest BCUT2D eigenvalue weighted by Gasteiger charge is -2.32. The summed E-state index contributed by atoms with van der Waals surface area (Å²) in [5, 5.41) is 12.2. The molecule has 2 saturated heterocycles. The van der Waals surface area contributed by atoms with Crippen molar-refractivity contribution in [3.05, 3.63) is 0 Å². The molecular formula is C13H23N3O. The first-order valence-electron chi connectivity index (χ1n) is 6.63. The molecule has 0 aliphatic carbocycles. The first-order valence-corrected chi connectivity index (χ1v) is 6.63. The zero-order valence-corrected chi connectivity index (χ0v) is 10.9. The summed E-state index contributed by atoms with van der Waals surface area (Å²) in [6.45, 7) is 5.23. The summed E-state index contributed by atoms with van der Waals surface area (Å²) in [6.07, 6.45) is 5.39. The van der Waals surface area contributed by atoms with Gasteiger partial charge in [-0.3, -0.25) is 4.90 Å². The van der Waals surface area contributed by atoms with Gasteiger partial charge < -0.3 is 10.1 Å². The van der Waals surface area contributed by atoms with E-state index in [9.17, 15) is 0 Å².